The van der Waals surface area contributed by atoms with Crippen LogP contribution in [0.1, 0.15) is 24.2 Å². The Morgan fingerprint density at radius 3 is 2.63 bits per heavy atom. The third-order valence-electron chi connectivity index (χ3n) is 2.24. The first-order chi connectivity index (χ1) is 8.91. The average Bonchev–Trinajstić information content (AvgIpc) is 2.36. The van der Waals surface area contributed by atoms with Gasteiger partial charge in [0.1, 0.15) is 6.61 Å². The second-order valence-corrected chi connectivity index (χ2v) is 4.98. The van der Waals surface area contributed by atoms with Gasteiger partial charge in [0.25, 0.3) is 0 Å². The first-order valence-corrected chi connectivity index (χ1v) is 6.58. The van der Waals surface area contributed by atoms with Crippen molar-refractivity contribution >= 4 is 29.2 Å². The molecule has 0 heterocycles. The minimum Gasteiger partial charge on any atom is -0.459 e. The Morgan fingerprint density at radius 2 is 2.00 bits per heavy atom. The fourth-order valence-corrected chi connectivity index (χ4v) is 1.66. The highest BCUT2D eigenvalue weighted by Gasteiger charge is 2.15. The van der Waals surface area contributed by atoms with E-state index in [2.05, 4.69) is 0 Å². The molecule has 0 fully saturated rings. The number of esters is 1. The number of hydrogen-bond donors (Lipinski definition) is 1. The largest absolute Gasteiger partial charge is 0.459 e. The zero-order valence-electron chi connectivity index (χ0n) is 10.7. The molecular weight excluding hydrogens is 291 g/mol. The molecule has 4 nitrogen and oxygen atoms in total. The molecule has 0 aliphatic rings. The lowest BCUT2D eigenvalue weighted by molar-refractivity contribution is -0.0278. The molecule has 19 heavy (non-hydrogen) atoms. The first kappa shape index (κ1) is 16.2. The van der Waals surface area contributed by atoms with E-state index in [-0.39, 0.29) is 29.9 Å². The number of rotatable bonds is 6. The van der Waals surface area contributed by atoms with Gasteiger partial charge >= 0.3 is 5.97 Å². The molecule has 0 amide bonds. The van der Waals surface area contributed by atoms with E-state index in [4.69, 9.17) is 37.8 Å². The third-order valence-corrected chi connectivity index (χ3v) is 3.06. The normalized spacial score (nSPS) is 13.9. The molecular formula is C13H16Cl2O4. The van der Waals surface area contributed by atoms with Gasteiger partial charge in [-0.15, -0.1) is 0 Å². The summed E-state index contributed by atoms with van der Waals surface area (Å²) in [5, 5.41) is 9.53. The summed E-state index contributed by atoms with van der Waals surface area (Å²) in [7, 11) is 0. The van der Waals surface area contributed by atoms with Gasteiger partial charge in [-0.25, -0.2) is 4.79 Å². The Kier molecular flexibility index (Phi) is 6.58. The summed E-state index contributed by atoms with van der Waals surface area (Å²) >= 11 is 11.7. The van der Waals surface area contributed by atoms with Gasteiger partial charge < -0.3 is 14.6 Å². The van der Waals surface area contributed by atoms with Crippen LogP contribution in [-0.4, -0.2) is 36.5 Å². The molecule has 0 aromatic heterocycles. The van der Waals surface area contributed by atoms with E-state index in [0.717, 1.165) is 0 Å². The highest BCUT2D eigenvalue weighted by atomic mass is 35.5. The number of carbonyl (C=O) groups excluding carboxylic acids is 1. The second-order valence-electron chi connectivity index (χ2n) is 4.19. The van der Waals surface area contributed by atoms with Crippen molar-refractivity contribution in [2.24, 2.45) is 0 Å². The molecule has 2 unspecified atom stereocenters. The van der Waals surface area contributed by atoms with Gasteiger partial charge in [-0.2, -0.15) is 0 Å². The monoisotopic (exact) mass is 306 g/mol. The fourth-order valence-electron chi connectivity index (χ4n) is 1.28. The minimum absolute atomic E-state index is 0.0778. The Labute approximate surface area is 122 Å². The van der Waals surface area contributed by atoms with Crippen LogP contribution >= 0.6 is 23.2 Å². The van der Waals surface area contributed by atoms with Crippen LogP contribution in [0.2, 0.25) is 10.0 Å². The lowest BCUT2D eigenvalue weighted by Gasteiger charge is -2.15. The van der Waals surface area contributed by atoms with Crippen LogP contribution < -0.4 is 0 Å². The molecule has 0 radical (unpaired) electrons. The third kappa shape index (κ3) is 5.37. The van der Waals surface area contributed by atoms with Crippen LogP contribution in [0.25, 0.3) is 0 Å². The standard InChI is InChI=1S/C13H16Cl2O4/c1-8(16)6-18-9(2)7-19-13(17)10-4-3-5-11(14)12(10)15/h3-5,8-9,16H,6-7H2,1-2H3. The minimum atomic E-state index is -0.556. The van der Waals surface area contributed by atoms with E-state index < -0.39 is 12.1 Å². The number of carbonyl (C=O) groups is 1. The van der Waals surface area contributed by atoms with Crippen LogP contribution in [0.15, 0.2) is 18.2 Å². The smallest absolute Gasteiger partial charge is 0.339 e. The quantitative estimate of drug-likeness (QED) is 0.821. The summed E-state index contributed by atoms with van der Waals surface area (Å²) in [4.78, 5) is 11.8. The topological polar surface area (TPSA) is 55.8 Å². The summed E-state index contributed by atoms with van der Waals surface area (Å²) < 4.78 is 10.3. The zero-order chi connectivity index (χ0) is 14.4. The Morgan fingerprint density at radius 1 is 1.32 bits per heavy atom. The zero-order valence-corrected chi connectivity index (χ0v) is 12.2. The number of halogens is 2. The summed E-state index contributed by atoms with van der Waals surface area (Å²) in [5.41, 5.74) is 0.219. The van der Waals surface area contributed by atoms with Crippen molar-refractivity contribution in [3.8, 4) is 0 Å². The number of hydrogen-bond acceptors (Lipinski definition) is 4. The van der Waals surface area contributed by atoms with Gasteiger partial charge in [0.05, 0.1) is 34.4 Å². The van der Waals surface area contributed by atoms with Crippen molar-refractivity contribution in [2.45, 2.75) is 26.1 Å². The van der Waals surface area contributed by atoms with E-state index in [0.29, 0.717) is 5.02 Å². The predicted molar refractivity (Wildman–Crippen MR) is 73.8 cm³/mol. The van der Waals surface area contributed by atoms with Gasteiger partial charge in [-0.3, -0.25) is 0 Å². The lowest BCUT2D eigenvalue weighted by Crippen LogP contribution is -2.23. The van der Waals surface area contributed by atoms with E-state index in [1.165, 1.54) is 6.07 Å². The van der Waals surface area contributed by atoms with Crippen LogP contribution in [0.4, 0.5) is 0 Å². The first-order valence-electron chi connectivity index (χ1n) is 5.82. The Balaban J connectivity index is 2.49. The summed E-state index contributed by atoms with van der Waals surface area (Å²) in [5.74, 6) is -0.556. The molecule has 6 heteroatoms. The van der Waals surface area contributed by atoms with E-state index >= 15 is 0 Å². The maximum Gasteiger partial charge on any atom is 0.339 e. The molecule has 2 atom stereocenters. The number of aliphatic hydroxyl groups excluding tert-OH is 1. The van der Waals surface area contributed by atoms with Gasteiger partial charge in [0.15, 0.2) is 0 Å². The van der Waals surface area contributed by atoms with Crippen molar-refractivity contribution in [2.75, 3.05) is 13.2 Å². The SMILES string of the molecule is CC(O)COC(C)COC(=O)c1cccc(Cl)c1Cl. The van der Waals surface area contributed by atoms with Crippen LogP contribution in [0, 0.1) is 0 Å². The predicted octanol–water partition coefficient (Wildman–Crippen LogP) is 2.94. The van der Waals surface area contributed by atoms with Gasteiger partial charge in [-0.1, -0.05) is 29.3 Å². The number of benzene rings is 1. The molecule has 0 aliphatic heterocycles. The molecule has 0 saturated carbocycles. The van der Waals surface area contributed by atoms with Crippen molar-refractivity contribution in [1.29, 1.82) is 0 Å². The molecule has 1 N–H and O–H groups in total. The van der Waals surface area contributed by atoms with E-state index in [9.17, 15) is 4.79 Å². The molecule has 0 saturated heterocycles. The second kappa shape index (κ2) is 7.70. The van der Waals surface area contributed by atoms with Crippen molar-refractivity contribution in [1.82, 2.24) is 0 Å². The van der Waals surface area contributed by atoms with Gasteiger partial charge in [-0.05, 0) is 26.0 Å². The molecule has 1 rings (SSSR count). The van der Waals surface area contributed by atoms with Crippen LogP contribution in [0.3, 0.4) is 0 Å². The maximum absolute atomic E-state index is 11.8. The highest BCUT2D eigenvalue weighted by Crippen LogP contribution is 2.26. The van der Waals surface area contributed by atoms with Crippen LogP contribution in [0.5, 0.6) is 0 Å². The summed E-state index contributed by atoms with van der Waals surface area (Å²) in [6.45, 7) is 3.63. The van der Waals surface area contributed by atoms with Crippen molar-refractivity contribution < 1.29 is 19.4 Å². The van der Waals surface area contributed by atoms with Gasteiger partial charge in [0.2, 0.25) is 0 Å². The molecule has 106 valence electrons. The highest BCUT2D eigenvalue weighted by molar-refractivity contribution is 6.43. The fraction of sp³-hybridized carbons (Fsp3) is 0.462. The van der Waals surface area contributed by atoms with E-state index in [1.807, 2.05) is 0 Å². The number of ether oxygens (including phenoxy) is 2. The summed E-state index contributed by atoms with van der Waals surface area (Å²) in [6, 6.07) is 4.76. The summed E-state index contributed by atoms with van der Waals surface area (Å²) in [6.07, 6.45) is -0.864. The Hall–Kier alpha value is -0.810. The Bertz CT molecular complexity index is 435. The average molecular weight is 307 g/mol. The van der Waals surface area contributed by atoms with Gasteiger partial charge in [0, 0.05) is 0 Å². The molecule has 1 aromatic rings. The lowest BCUT2D eigenvalue weighted by atomic mass is 10.2. The molecule has 1 aromatic carbocycles. The van der Waals surface area contributed by atoms with Crippen LogP contribution in [-0.2, 0) is 9.47 Å². The molecule has 0 bridgehead atoms. The molecule has 0 aliphatic carbocycles. The number of aliphatic hydroxyl groups is 1. The van der Waals surface area contributed by atoms with Crippen molar-refractivity contribution in [3.63, 3.8) is 0 Å². The maximum atomic E-state index is 11.8. The van der Waals surface area contributed by atoms with Crippen molar-refractivity contribution in [3.05, 3.63) is 33.8 Å². The molecule has 0 spiro atoms. The van der Waals surface area contributed by atoms with E-state index in [1.54, 1.807) is 26.0 Å².